The van der Waals surface area contributed by atoms with Crippen molar-refractivity contribution < 1.29 is 54.6 Å². The van der Waals surface area contributed by atoms with E-state index in [1.54, 1.807) is 0 Å². The van der Waals surface area contributed by atoms with Crippen molar-refractivity contribution in [3.8, 4) is 5.88 Å². The summed E-state index contributed by atoms with van der Waals surface area (Å²) >= 11 is 0. The number of anilines is 3. The summed E-state index contributed by atoms with van der Waals surface area (Å²) in [5.74, 6) is -2.48. The van der Waals surface area contributed by atoms with Crippen molar-refractivity contribution in [3.05, 3.63) is 70.8 Å². The van der Waals surface area contributed by atoms with Gasteiger partial charge >= 0.3 is 12.4 Å². The summed E-state index contributed by atoms with van der Waals surface area (Å²) in [7, 11) is 0. The van der Waals surface area contributed by atoms with Gasteiger partial charge in [-0.05, 0) is 61.9 Å². The van der Waals surface area contributed by atoms with E-state index in [2.05, 4.69) is 30.9 Å². The summed E-state index contributed by atoms with van der Waals surface area (Å²) in [6, 6.07) is 7.47. The van der Waals surface area contributed by atoms with Crippen LogP contribution in [0, 0.1) is 5.41 Å². The molecule has 10 nitrogen and oxygen atoms in total. The van der Waals surface area contributed by atoms with Crippen LogP contribution in [0.2, 0.25) is 0 Å². The molecule has 2 amide bonds. The highest BCUT2D eigenvalue weighted by atomic mass is 19.4. The first-order valence-electron chi connectivity index (χ1n) is 13.5. The maximum Gasteiger partial charge on any atom is 0.418 e. The molecule has 2 aromatic heterocycles. The minimum atomic E-state index is -4.83. The van der Waals surface area contributed by atoms with E-state index in [0.29, 0.717) is 12.1 Å². The largest absolute Gasteiger partial charge is 0.471 e. The third kappa shape index (κ3) is 8.63. The number of aliphatic hydroxyl groups excluding tert-OH is 1. The Labute approximate surface area is 260 Å². The smallest absolute Gasteiger partial charge is 0.418 e. The Morgan fingerprint density at radius 2 is 1.64 bits per heavy atom. The van der Waals surface area contributed by atoms with E-state index in [0.717, 1.165) is 36.4 Å². The van der Waals surface area contributed by atoms with Gasteiger partial charge in [-0.2, -0.15) is 36.3 Å². The summed E-state index contributed by atoms with van der Waals surface area (Å²) in [5, 5.41) is 16.7. The quantitative estimate of drug-likeness (QED) is 0.118. The molecule has 0 radical (unpaired) electrons. The lowest BCUT2D eigenvalue weighted by Crippen LogP contribution is -2.38. The number of pyridine rings is 1. The van der Waals surface area contributed by atoms with Crippen LogP contribution in [0.4, 0.5) is 52.4 Å². The number of carbonyl (C=O) groups excluding carboxylic acids is 2. The number of carbonyl (C=O) groups is 2. The number of imidazole rings is 1. The van der Waals surface area contributed by atoms with Crippen molar-refractivity contribution in [1.29, 1.82) is 0 Å². The van der Waals surface area contributed by atoms with Crippen LogP contribution in [-0.4, -0.2) is 51.5 Å². The molecule has 0 saturated heterocycles. The van der Waals surface area contributed by atoms with Gasteiger partial charge in [-0.1, -0.05) is 6.07 Å². The maximum atomic E-state index is 13.8. The number of nitrogens with zero attached hydrogens (tertiary/aromatic N) is 2. The number of fused-ring (bicyclic) bond motifs is 1. The van der Waals surface area contributed by atoms with Crippen LogP contribution in [0.25, 0.3) is 11.2 Å². The third-order valence-corrected chi connectivity index (χ3v) is 6.60. The number of nitrogens with one attached hydrogen (secondary N) is 4. The van der Waals surface area contributed by atoms with Crippen LogP contribution in [0.5, 0.6) is 5.88 Å². The minimum Gasteiger partial charge on any atom is -0.471 e. The second-order valence-electron chi connectivity index (χ2n) is 10.8. The lowest BCUT2D eigenvalue weighted by molar-refractivity contribution is -0.138. The van der Waals surface area contributed by atoms with Gasteiger partial charge in [0.2, 0.25) is 17.7 Å². The number of rotatable bonds is 11. The fourth-order valence-electron chi connectivity index (χ4n) is 4.01. The number of benzene rings is 2. The summed E-state index contributed by atoms with van der Waals surface area (Å²) in [6.07, 6.45) is -12.4. The fourth-order valence-corrected chi connectivity index (χ4v) is 4.01. The Bertz CT molecular complexity index is 1750. The number of halogens is 8. The first-order chi connectivity index (χ1) is 21.9. The van der Waals surface area contributed by atoms with Crippen LogP contribution >= 0.6 is 0 Å². The molecule has 0 fully saturated rings. The lowest BCUT2D eigenvalue weighted by Gasteiger charge is -2.21. The van der Waals surface area contributed by atoms with Crippen LogP contribution in [0.1, 0.15) is 40.9 Å². The standard InChI is InChI=1S/C29H26F8N6O4/c1-27(2,13-44)25(46)38-11-14-3-8-18(29(35,36)37)19(9-14)40-26-41-20-10-17(24(42-22(20)43-26)47-12-21(30)31)23(45)39-16-6-4-15(5-7-16)28(32,33)34/h3-10,21,44H,11-13H2,1-2H3,(H,38,46)(H,39,45)(H2,40,41,42,43). The zero-order valence-electron chi connectivity index (χ0n) is 24.4. The van der Waals surface area contributed by atoms with Gasteiger partial charge in [0.1, 0.15) is 5.56 Å². The number of hydrogen-bond donors (Lipinski definition) is 5. The van der Waals surface area contributed by atoms with E-state index >= 15 is 0 Å². The van der Waals surface area contributed by atoms with Gasteiger partial charge < -0.3 is 30.8 Å². The Kier molecular flexibility index (Phi) is 9.93. The summed E-state index contributed by atoms with van der Waals surface area (Å²) in [5.41, 5.74) is -4.26. The molecule has 0 bridgehead atoms. The highest BCUT2D eigenvalue weighted by Gasteiger charge is 2.34. The van der Waals surface area contributed by atoms with Crippen LogP contribution in [-0.2, 0) is 23.7 Å². The third-order valence-electron chi connectivity index (χ3n) is 6.60. The van der Waals surface area contributed by atoms with E-state index < -0.39 is 77.5 Å². The van der Waals surface area contributed by atoms with E-state index in [9.17, 15) is 49.8 Å². The van der Waals surface area contributed by atoms with Gasteiger partial charge in [0.15, 0.2) is 12.3 Å². The van der Waals surface area contributed by atoms with E-state index in [1.807, 2.05) is 0 Å². The lowest BCUT2D eigenvalue weighted by atomic mass is 9.93. The molecule has 0 aliphatic heterocycles. The average molecular weight is 675 g/mol. The summed E-state index contributed by atoms with van der Waals surface area (Å²) in [4.78, 5) is 35.9. The Balaban J connectivity index is 1.65. The zero-order valence-corrected chi connectivity index (χ0v) is 24.4. The SMILES string of the molecule is CC(C)(CO)C(=O)NCc1ccc(C(F)(F)F)c(Nc2nc3nc(OCC(F)F)c(C(=O)Nc4ccc(C(F)(F)F)cc4)cc3[nH]2)c1. The average Bonchev–Trinajstić information content (AvgIpc) is 3.38. The first-order valence-corrected chi connectivity index (χ1v) is 13.5. The topological polar surface area (TPSA) is 141 Å². The van der Waals surface area contributed by atoms with E-state index in [4.69, 9.17) is 4.74 Å². The number of hydrogen-bond acceptors (Lipinski definition) is 7. The predicted molar refractivity (Wildman–Crippen MR) is 152 cm³/mol. The molecule has 0 aliphatic rings. The number of H-pyrrole nitrogens is 1. The monoisotopic (exact) mass is 674 g/mol. The van der Waals surface area contributed by atoms with Crippen molar-refractivity contribution in [1.82, 2.24) is 20.3 Å². The second kappa shape index (κ2) is 13.4. The van der Waals surface area contributed by atoms with Gasteiger partial charge in [0.05, 0.1) is 34.4 Å². The molecule has 2 aromatic carbocycles. The maximum absolute atomic E-state index is 13.8. The number of amides is 2. The van der Waals surface area contributed by atoms with Crippen molar-refractivity contribution >= 4 is 40.3 Å². The normalized spacial score (nSPS) is 12.3. The number of aliphatic hydroxyl groups is 1. The number of alkyl halides is 8. The molecule has 0 aliphatic carbocycles. The molecule has 0 saturated carbocycles. The van der Waals surface area contributed by atoms with Crippen molar-refractivity contribution in [2.75, 3.05) is 23.8 Å². The molecule has 47 heavy (non-hydrogen) atoms. The highest BCUT2D eigenvalue weighted by Crippen LogP contribution is 2.37. The molecule has 2 heterocycles. The molecular weight excluding hydrogens is 648 g/mol. The predicted octanol–water partition coefficient (Wildman–Crippen LogP) is 6.27. The molecule has 5 N–H and O–H groups in total. The van der Waals surface area contributed by atoms with Crippen LogP contribution in [0.3, 0.4) is 0 Å². The number of ether oxygens (including phenoxy) is 1. The molecule has 0 spiro atoms. The highest BCUT2D eigenvalue weighted by molar-refractivity contribution is 6.07. The summed E-state index contributed by atoms with van der Waals surface area (Å²) in [6.45, 7) is 1.12. The van der Waals surface area contributed by atoms with Crippen molar-refractivity contribution in [3.63, 3.8) is 0 Å². The van der Waals surface area contributed by atoms with E-state index in [-0.39, 0.29) is 34.9 Å². The van der Waals surface area contributed by atoms with E-state index in [1.165, 1.54) is 13.8 Å². The second-order valence-corrected chi connectivity index (χ2v) is 10.8. The molecular formula is C29H26F8N6O4. The Morgan fingerprint density at radius 3 is 2.23 bits per heavy atom. The minimum absolute atomic E-state index is 0.0438. The molecule has 4 rings (SSSR count). The molecule has 0 unspecified atom stereocenters. The zero-order chi connectivity index (χ0) is 34.7. The molecule has 18 heteroatoms. The summed E-state index contributed by atoms with van der Waals surface area (Å²) < 4.78 is 111. The van der Waals surface area contributed by atoms with Crippen LogP contribution in [0.15, 0.2) is 48.5 Å². The number of aromatic nitrogens is 3. The van der Waals surface area contributed by atoms with Gasteiger partial charge in [-0.15, -0.1) is 0 Å². The Morgan fingerprint density at radius 1 is 0.957 bits per heavy atom. The van der Waals surface area contributed by atoms with Gasteiger partial charge in [-0.25, -0.2) is 8.78 Å². The fraction of sp³-hybridized carbons (Fsp3) is 0.310. The van der Waals surface area contributed by atoms with Crippen molar-refractivity contribution in [2.45, 2.75) is 39.2 Å². The first kappa shape index (κ1) is 34.9. The van der Waals surface area contributed by atoms with Crippen molar-refractivity contribution in [2.24, 2.45) is 5.41 Å². The number of aromatic amines is 1. The van der Waals surface area contributed by atoms with Gasteiger partial charge in [0.25, 0.3) is 12.3 Å². The van der Waals surface area contributed by atoms with Gasteiger partial charge in [-0.3, -0.25) is 9.59 Å². The van der Waals surface area contributed by atoms with Crippen LogP contribution < -0.4 is 20.7 Å². The molecule has 252 valence electrons. The van der Waals surface area contributed by atoms with Gasteiger partial charge in [0, 0.05) is 12.2 Å². The Hall–Kier alpha value is -5.00. The molecule has 4 aromatic rings. The molecule has 0 atom stereocenters.